The Hall–Kier alpha value is -3.21. The minimum absolute atomic E-state index is 0.115. The molecule has 0 unspecified atom stereocenters. The first kappa shape index (κ1) is 18.8. The molecule has 0 atom stereocenters. The summed E-state index contributed by atoms with van der Waals surface area (Å²) in [4.78, 5) is 24.9. The van der Waals surface area contributed by atoms with Gasteiger partial charge in [0.25, 0.3) is 0 Å². The first-order valence-corrected chi connectivity index (χ1v) is 10.1. The van der Waals surface area contributed by atoms with E-state index in [-0.39, 0.29) is 11.3 Å². The Bertz CT molecular complexity index is 1080. The molecule has 7 nitrogen and oxygen atoms in total. The molecule has 4 heterocycles. The van der Waals surface area contributed by atoms with Crippen LogP contribution in [0, 0.1) is 23.7 Å². The smallest absolute Gasteiger partial charge is 0.222 e. The number of amides is 1. The molecule has 0 radical (unpaired) electrons. The molecule has 0 bridgehead atoms. The SMILES string of the molecule is CC(=O)Nc1cc2c(cn1)C1(CC1)CN2c1cc(C)cc(N2CC(C#N)(CF)C2)n1. The van der Waals surface area contributed by atoms with Crippen LogP contribution in [0.4, 0.5) is 27.5 Å². The van der Waals surface area contributed by atoms with Gasteiger partial charge in [-0.1, -0.05) is 0 Å². The van der Waals surface area contributed by atoms with E-state index in [1.165, 1.54) is 12.5 Å². The second-order valence-electron chi connectivity index (χ2n) is 8.88. The van der Waals surface area contributed by atoms with Crippen molar-refractivity contribution in [2.45, 2.75) is 32.1 Å². The molecule has 8 heteroatoms. The molecule has 2 aliphatic heterocycles. The van der Waals surface area contributed by atoms with E-state index in [9.17, 15) is 14.4 Å². The van der Waals surface area contributed by atoms with Crippen molar-refractivity contribution in [1.29, 1.82) is 5.26 Å². The summed E-state index contributed by atoms with van der Waals surface area (Å²) < 4.78 is 13.3. The van der Waals surface area contributed by atoms with E-state index >= 15 is 0 Å². The number of nitriles is 1. The molecule has 5 rings (SSSR count). The first-order valence-electron chi connectivity index (χ1n) is 10.1. The van der Waals surface area contributed by atoms with Gasteiger partial charge in [-0.15, -0.1) is 0 Å². The Kier molecular flexibility index (Phi) is 4.01. The zero-order chi connectivity index (χ0) is 21.1. The van der Waals surface area contributed by atoms with Gasteiger partial charge in [-0.25, -0.2) is 14.4 Å². The van der Waals surface area contributed by atoms with E-state index in [0.29, 0.717) is 18.9 Å². The summed E-state index contributed by atoms with van der Waals surface area (Å²) >= 11 is 0. The standard InChI is InChI=1S/C22H23FN6O/c1-14-5-19(28-11-21(9-23,10-24)12-28)27-20(6-14)29-13-22(3-4-22)16-8-25-18(7-17(16)29)26-15(2)30/h5-8H,3-4,9,11-13H2,1-2H3,(H,25,26,30). The number of aryl methyl sites for hydroxylation is 1. The maximum absolute atomic E-state index is 13.3. The lowest BCUT2D eigenvalue weighted by molar-refractivity contribution is -0.114. The Balaban J connectivity index is 1.49. The fraction of sp³-hybridized carbons (Fsp3) is 0.455. The van der Waals surface area contributed by atoms with Gasteiger partial charge < -0.3 is 15.1 Å². The van der Waals surface area contributed by atoms with E-state index in [1.807, 2.05) is 36.2 Å². The quantitative estimate of drug-likeness (QED) is 0.839. The summed E-state index contributed by atoms with van der Waals surface area (Å²) in [5.41, 5.74) is 2.48. The Morgan fingerprint density at radius 3 is 2.63 bits per heavy atom. The summed E-state index contributed by atoms with van der Waals surface area (Å²) in [6.07, 6.45) is 4.11. The molecule has 3 aliphatic rings. The van der Waals surface area contributed by atoms with Crippen molar-refractivity contribution in [2.24, 2.45) is 5.41 Å². The van der Waals surface area contributed by atoms with Crippen molar-refractivity contribution < 1.29 is 9.18 Å². The van der Waals surface area contributed by atoms with E-state index in [4.69, 9.17) is 4.98 Å². The molecule has 2 fully saturated rings. The predicted molar refractivity (Wildman–Crippen MR) is 112 cm³/mol. The average Bonchev–Trinajstić information content (AvgIpc) is 3.38. The number of carbonyl (C=O) groups excluding carboxylic acids is 1. The van der Waals surface area contributed by atoms with Gasteiger partial charge in [0.2, 0.25) is 5.91 Å². The van der Waals surface area contributed by atoms with E-state index in [0.717, 1.165) is 42.3 Å². The van der Waals surface area contributed by atoms with E-state index < -0.39 is 12.1 Å². The molecule has 1 spiro atoms. The van der Waals surface area contributed by atoms with Crippen LogP contribution >= 0.6 is 0 Å². The lowest BCUT2D eigenvalue weighted by atomic mass is 9.83. The largest absolute Gasteiger partial charge is 0.353 e. The zero-order valence-corrected chi connectivity index (χ0v) is 17.1. The van der Waals surface area contributed by atoms with Crippen molar-refractivity contribution in [3.8, 4) is 6.07 Å². The highest BCUT2D eigenvalue weighted by molar-refractivity contribution is 5.89. The Morgan fingerprint density at radius 1 is 1.27 bits per heavy atom. The summed E-state index contributed by atoms with van der Waals surface area (Å²) in [6, 6.07) is 8.04. The lowest BCUT2D eigenvalue weighted by Gasteiger charge is -2.44. The van der Waals surface area contributed by atoms with Crippen molar-refractivity contribution >= 4 is 29.0 Å². The number of nitrogens with zero attached hydrogens (tertiary/aromatic N) is 5. The highest BCUT2D eigenvalue weighted by Gasteiger charge is 2.53. The van der Waals surface area contributed by atoms with E-state index in [1.54, 1.807) is 0 Å². The summed E-state index contributed by atoms with van der Waals surface area (Å²) in [6.45, 7) is 4.38. The topological polar surface area (TPSA) is 85.2 Å². The second-order valence-corrected chi connectivity index (χ2v) is 8.88. The monoisotopic (exact) mass is 406 g/mol. The third-order valence-electron chi connectivity index (χ3n) is 6.39. The number of aromatic nitrogens is 2. The van der Waals surface area contributed by atoms with Gasteiger partial charge in [-0.2, -0.15) is 5.26 Å². The molecule has 2 aromatic rings. The van der Waals surface area contributed by atoms with Crippen LogP contribution in [-0.4, -0.2) is 42.2 Å². The van der Waals surface area contributed by atoms with Crippen LogP contribution in [0.3, 0.4) is 0 Å². The molecule has 1 amide bonds. The highest BCUT2D eigenvalue weighted by atomic mass is 19.1. The van der Waals surface area contributed by atoms with E-state index in [2.05, 4.69) is 21.3 Å². The summed E-state index contributed by atoms with van der Waals surface area (Å²) in [5.74, 6) is 1.96. The highest BCUT2D eigenvalue weighted by Crippen LogP contribution is 2.58. The molecular formula is C22H23FN6O. The van der Waals surface area contributed by atoms with Crippen molar-refractivity contribution in [1.82, 2.24) is 9.97 Å². The van der Waals surface area contributed by atoms with Gasteiger partial charge in [-0.3, -0.25) is 4.79 Å². The maximum Gasteiger partial charge on any atom is 0.222 e. The number of hydrogen-bond donors (Lipinski definition) is 1. The lowest BCUT2D eigenvalue weighted by Crippen LogP contribution is -2.57. The molecule has 1 saturated heterocycles. The molecule has 1 aliphatic carbocycles. The van der Waals surface area contributed by atoms with Crippen LogP contribution in [0.15, 0.2) is 24.4 Å². The fourth-order valence-corrected chi connectivity index (χ4v) is 4.54. The number of fused-ring (bicyclic) bond motifs is 2. The van der Waals surface area contributed by atoms with Crippen LogP contribution in [0.5, 0.6) is 0 Å². The van der Waals surface area contributed by atoms with Crippen molar-refractivity contribution in [2.75, 3.05) is 41.4 Å². The number of pyridine rings is 2. The minimum atomic E-state index is -0.914. The minimum Gasteiger partial charge on any atom is -0.353 e. The number of carbonyl (C=O) groups is 1. The molecule has 154 valence electrons. The second kappa shape index (κ2) is 6.39. The van der Waals surface area contributed by atoms with Gasteiger partial charge in [0.15, 0.2) is 0 Å². The van der Waals surface area contributed by atoms with Gasteiger partial charge in [0.05, 0.1) is 11.8 Å². The molecular weight excluding hydrogens is 383 g/mol. The molecule has 0 aromatic carbocycles. The molecule has 1 saturated carbocycles. The molecule has 2 aromatic heterocycles. The Labute approximate surface area is 174 Å². The van der Waals surface area contributed by atoms with Gasteiger partial charge >= 0.3 is 0 Å². The van der Waals surface area contributed by atoms with Crippen molar-refractivity contribution in [3.63, 3.8) is 0 Å². The average molecular weight is 406 g/mol. The third kappa shape index (κ3) is 2.88. The normalized spacial score (nSPS) is 19.8. The third-order valence-corrected chi connectivity index (χ3v) is 6.39. The number of hydrogen-bond acceptors (Lipinski definition) is 6. The molecule has 1 N–H and O–H groups in total. The molecule has 30 heavy (non-hydrogen) atoms. The van der Waals surface area contributed by atoms with Gasteiger partial charge in [0, 0.05) is 49.8 Å². The first-order chi connectivity index (χ1) is 14.4. The number of halogens is 1. The number of anilines is 4. The summed E-state index contributed by atoms with van der Waals surface area (Å²) in [7, 11) is 0. The Morgan fingerprint density at radius 2 is 2.00 bits per heavy atom. The zero-order valence-electron chi connectivity index (χ0n) is 17.1. The fourth-order valence-electron chi connectivity index (χ4n) is 4.54. The summed E-state index contributed by atoms with van der Waals surface area (Å²) in [5, 5.41) is 12.0. The van der Waals surface area contributed by atoms with Gasteiger partial charge in [-0.05, 0) is 37.5 Å². The number of nitrogens with one attached hydrogen (secondary N) is 1. The van der Waals surface area contributed by atoms with Gasteiger partial charge in [0.1, 0.15) is 29.5 Å². The number of rotatable bonds is 4. The van der Waals surface area contributed by atoms with Crippen LogP contribution in [0.25, 0.3) is 0 Å². The number of alkyl halides is 1. The van der Waals surface area contributed by atoms with Crippen molar-refractivity contribution in [3.05, 3.63) is 35.5 Å². The van der Waals surface area contributed by atoms with Crippen LogP contribution in [-0.2, 0) is 10.2 Å². The maximum atomic E-state index is 13.3. The van der Waals surface area contributed by atoms with Crippen LogP contribution in [0.1, 0.15) is 30.9 Å². The predicted octanol–water partition coefficient (Wildman–Crippen LogP) is 3.23. The van der Waals surface area contributed by atoms with Crippen LogP contribution < -0.4 is 15.1 Å². The van der Waals surface area contributed by atoms with Crippen LogP contribution in [0.2, 0.25) is 0 Å².